The Labute approximate surface area is 163 Å². The molecule has 0 aliphatic rings. The van der Waals surface area contributed by atoms with Gasteiger partial charge in [0.15, 0.2) is 5.82 Å². The second kappa shape index (κ2) is 10.1. The van der Waals surface area contributed by atoms with Crippen LogP contribution >= 0.6 is 0 Å². The third kappa shape index (κ3) is 6.42. The van der Waals surface area contributed by atoms with E-state index in [9.17, 15) is 14.4 Å². The quantitative estimate of drug-likeness (QED) is 0.631. The van der Waals surface area contributed by atoms with Gasteiger partial charge in [0.05, 0.1) is 13.7 Å². The highest BCUT2D eigenvalue weighted by Gasteiger charge is 2.14. The second-order valence-electron chi connectivity index (χ2n) is 6.21. The van der Waals surface area contributed by atoms with Crippen LogP contribution in [0, 0.1) is 6.92 Å². The zero-order chi connectivity index (χ0) is 20.5. The van der Waals surface area contributed by atoms with Gasteiger partial charge in [-0.15, -0.1) is 0 Å². The van der Waals surface area contributed by atoms with Gasteiger partial charge in [-0.2, -0.15) is 0 Å². The lowest BCUT2D eigenvalue weighted by atomic mass is 10.2. The van der Waals surface area contributed by atoms with Crippen molar-refractivity contribution < 1.29 is 23.6 Å². The van der Waals surface area contributed by atoms with E-state index in [1.807, 2.05) is 0 Å². The third-order valence-corrected chi connectivity index (χ3v) is 3.91. The van der Waals surface area contributed by atoms with E-state index < -0.39 is 0 Å². The molecule has 0 fully saturated rings. The summed E-state index contributed by atoms with van der Waals surface area (Å²) < 4.78 is 9.91. The molecule has 2 N–H and O–H groups in total. The van der Waals surface area contributed by atoms with Crippen molar-refractivity contribution in [1.82, 2.24) is 15.4 Å². The minimum absolute atomic E-state index is 0.0943. The Morgan fingerprint density at radius 3 is 2.54 bits per heavy atom. The van der Waals surface area contributed by atoms with Crippen LogP contribution in [0.4, 0.5) is 5.82 Å². The zero-order valence-corrected chi connectivity index (χ0v) is 16.2. The highest BCUT2D eigenvalue weighted by Crippen LogP contribution is 2.11. The molecule has 0 spiro atoms. The summed E-state index contributed by atoms with van der Waals surface area (Å²) in [4.78, 5) is 37.4. The summed E-state index contributed by atoms with van der Waals surface area (Å²) in [5.74, 6) is 0.793. The Bertz CT molecular complexity index is 816. The van der Waals surface area contributed by atoms with Gasteiger partial charge in [-0.1, -0.05) is 5.16 Å². The largest absolute Gasteiger partial charge is 0.497 e. The number of nitrogens with zero attached hydrogens (tertiary/aromatic N) is 2. The number of nitrogens with one attached hydrogen (secondary N) is 2. The first kappa shape index (κ1) is 20.9. The van der Waals surface area contributed by atoms with Crippen molar-refractivity contribution in [2.45, 2.75) is 19.8 Å². The number of carbonyl (C=O) groups is 3. The number of aryl methyl sites for hydroxylation is 1. The summed E-state index contributed by atoms with van der Waals surface area (Å²) in [6, 6.07) is 8.34. The predicted octanol–water partition coefficient (Wildman–Crippen LogP) is 1.60. The van der Waals surface area contributed by atoms with Crippen LogP contribution in [0.1, 0.15) is 29.0 Å². The standard InChI is InChI=1S/C19H24N4O5/c1-13-11-16(22-28-13)21-17(24)12-23(2)18(25)5-4-10-20-19(26)14-6-8-15(27-3)9-7-14/h6-9,11H,4-5,10,12H2,1-3H3,(H,20,26)(H,21,22,24). The number of benzene rings is 1. The monoisotopic (exact) mass is 388 g/mol. The van der Waals surface area contributed by atoms with Gasteiger partial charge in [-0.25, -0.2) is 0 Å². The molecule has 3 amide bonds. The van der Waals surface area contributed by atoms with Crippen LogP contribution in [0.3, 0.4) is 0 Å². The molecule has 150 valence electrons. The lowest BCUT2D eigenvalue weighted by Gasteiger charge is -2.16. The second-order valence-corrected chi connectivity index (χ2v) is 6.21. The number of rotatable bonds is 9. The fourth-order valence-corrected chi connectivity index (χ4v) is 2.39. The van der Waals surface area contributed by atoms with Gasteiger partial charge < -0.3 is 24.8 Å². The molecule has 0 atom stereocenters. The summed E-state index contributed by atoms with van der Waals surface area (Å²) in [5, 5.41) is 8.97. The molecule has 0 aliphatic carbocycles. The minimum Gasteiger partial charge on any atom is -0.497 e. The Morgan fingerprint density at radius 2 is 1.93 bits per heavy atom. The van der Waals surface area contributed by atoms with Gasteiger partial charge >= 0.3 is 0 Å². The van der Waals surface area contributed by atoms with Gasteiger partial charge in [0, 0.05) is 31.6 Å². The molecule has 2 rings (SSSR count). The van der Waals surface area contributed by atoms with Crippen molar-refractivity contribution in [3.8, 4) is 5.75 Å². The van der Waals surface area contributed by atoms with E-state index in [-0.39, 0.29) is 30.7 Å². The molecule has 0 bridgehead atoms. The molecule has 0 unspecified atom stereocenters. The smallest absolute Gasteiger partial charge is 0.251 e. The summed E-state index contributed by atoms with van der Waals surface area (Å²) in [6.07, 6.45) is 0.685. The van der Waals surface area contributed by atoms with Crippen LogP contribution in [-0.4, -0.2) is 55.0 Å². The molecular formula is C19H24N4O5. The maximum atomic E-state index is 12.1. The first-order chi connectivity index (χ1) is 13.4. The average molecular weight is 388 g/mol. The fraction of sp³-hybridized carbons (Fsp3) is 0.368. The van der Waals surface area contributed by atoms with Crippen LogP contribution in [0.5, 0.6) is 5.75 Å². The Kier molecular flexibility index (Phi) is 7.55. The molecule has 0 saturated carbocycles. The number of carbonyl (C=O) groups excluding carboxylic acids is 3. The average Bonchev–Trinajstić information content (AvgIpc) is 3.09. The highest BCUT2D eigenvalue weighted by atomic mass is 16.5. The zero-order valence-electron chi connectivity index (χ0n) is 16.2. The van der Waals surface area contributed by atoms with Crippen molar-refractivity contribution in [2.75, 3.05) is 32.6 Å². The van der Waals surface area contributed by atoms with E-state index in [0.717, 1.165) is 0 Å². The van der Waals surface area contributed by atoms with Crippen LogP contribution in [0.25, 0.3) is 0 Å². The number of ether oxygens (including phenoxy) is 1. The highest BCUT2D eigenvalue weighted by molar-refractivity contribution is 5.94. The van der Waals surface area contributed by atoms with Gasteiger partial charge in [0.1, 0.15) is 11.5 Å². The van der Waals surface area contributed by atoms with Crippen molar-refractivity contribution in [1.29, 1.82) is 0 Å². The minimum atomic E-state index is -0.364. The van der Waals surface area contributed by atoms with Crippen molar-refractivity contribution in [3.63, 3.8) is 0 Å². The molecule has 9 nitrogen and oxygen atoms in total. The van der Waals surface area contributed by atoms with E-state index >= 15 is 0 Å². The molecule has 1 aromatic carbocycles. The molecule has 1 heterocycles. The number of likely N-dealkylation sites (N-methyl/N-ethyl adjacent to an activating group) is 1. The maximum Gasteiger partial charge on any atom is 0.251 e. The van der Waals surface area contributed by atoms with E-state index in [1.54, 1.807) is 51.4 Å². The summed E-state index contributed by atoms with van der Waals surface area (Å²) in [6.45, 7) is 1.98. The number of methoxy groups -OCH3 is 1. The number of hydrogen-bond donors (Lipinski definition) is 2. The van der Waals surface area contributed by atoms with Crippen LogP contribution in [0.15, 0.2) is 34.9 Å². The number of amides is 3. The molecule has 2 aromatic rings. The van der Waals surface area contributed by atoms with E-state index in [4.69, 9.17) is 9.26 Å². The van der Waals surface area contributed by atoms with Gasteiger partial charge in [0.25, 0.3) is 5.91 Å². The SMILES string of the molecule is COc1ccc(C(=O)NCCCC(=O)N(C)CC(=O)Nc2cc(C)on2)cc1. The van der Waals surface area contributed by atoms with Crippen LogP contribution in [0.2, 0.25) is 0 Å². The van der Waals surface area contributed by atoms with Crippen LogP contribution < -0.4 is 15.4 Å². The normalized spacial score (nSPS) is 10.2. The van der Waals surface area contributed by atoms with Crippen molar-refractivity contribution >= 4 is 23.5 Å². The van der Waals surface area contributed by atoms with Crippen molar-refractivity contribution in [3.05, 3.63) is 41.7 Å². The van der Waals surface area contributed by atoms with Gasteiger partial charge in [-0.05, 0) is 37.6 Å². The molecule has 9 heteroatoms. The van der Waals surface area contributed by atoms with Gasteiger partial charge in [-0.3, -0.25) is 14.4 Å². The Balaban J connectivity index is 1.66. The summed E-state index contributed by atoms with van der Waals surface area (Å²) >= 11 is 0. The summed E-state index contributed by atoms with van der Waals surface area (Å²) in [5.41, 5.74) is 0.518. The van der Waals surface area contributed by atoms with E-state index in [2.05, 4.69) is 15.8 Å². The van der Waals surface area contributed by atoms with E-state index in [1.165, 1.54) is 4.90 Å². The summed E-state index contributed by atoms with van der Waals surface area (Å²) in [7, 11) is 3.11. The predicted molar refractivity (Wildman–Crippen MR) is 102 cm³/mol. The van der Waals surface area contributed by atoms with Gasteiger partial charge in [0.2, 0.25) is 11.8 Å². The van der Waals surface area contributed by atoms with Crippen molar-refractivity contribution in [2.24, 2.45) is 0 Å². The Hall–Kier alpha value is -3.36. The molecule has 0 aliphatic heterocycles. The number of anilines is 1. The first-order valence-electron chi connectivity index (χ1n) is 8.78. The molecule has 0 radical (unpaired) electrons. The molecule has 0 saturated heterocycles. The Morgan fingerprint density at radius 1 is 1.21 bits per heavy atom. The lowest BCUT2D eigenvalue weighted by Crippen LogP contribution is -2.35. The number of hydrogen-bond acceptors (Lipinski definition) is 6. The van der Waals surface area contributed by atoms with Crippen LogP contribution in [-0.2, 0) is 9.59 Å². The fourth-order valence-electron chi connectivity index (χ4n) is 2.39. The molecule has 1 aromatic heterocycles. The maximum absolute atomic E-state index is 12.1. The molecule has 28 heavy (non-hydrogen) atoms. The first-order valence-corrected chi connectivity index (χ1v) is 8.78. The van der Waals surface area contributed by atoms with E-state index in [0.29, 0.717) is 35.9 Å². The third-order valence-electron chi connectivity index (χ3n) is 3.91. The molecular weight excluding hydrogens is 364 g/mol. The number of aromatic nitrogens is 1. The topological polar surface area (TPSA) is 114 Å². The lowest BCUT2D eigenvalue weighted by molar-refractivity contribution is -0.133.